The van der Waals surface area contributed by atoms with Crippen LogP contribution in [-0.4, -0.2) is 22.3 Å². The molecule has 1 amide bonds. The monoisotopic (exact) mass is 254 g/mol. The molecule has 1 aromatic rings. The molecule has 5 heteroatoms. The van der Waals surface area contributed by atoms with Crippen LogP contribution in [0.1, 0.15) is 17.4 Å². The summed E-state index contributed by atoms with van der Waals surface area (Å²) in [6.07, 6.45) is 0.947. The first-order chi connectivity index (χ1) is 7.59. The third kappa shape index (κ3) is 2.10. The average molecular weight is 254 g/mol. The minimum absolute atomic E-state index is 0.0457. The van der Waals surface area contributed by atoms with Crippen LogP contribution in [0.4, 0.5) is 0 Å². The molecule has 0 aliphatic carbocycles. The van der Waals surface area contributed by atoms with Crippen molar-refractivity contribution in [3.05, 3.63) is 21.9 Å². The van der Waals surface area contributed by atoms with Crippen molar-refractivity contribution in [3.8, 4) is 0 Å². The second kappa shape index (κ2) is 4.51. The van der Waals surface area contributed by atoms with Crippen LogP contribution in [0, 0.1) is 5.92 Å². The largest absolute Gasteiger partial charge is 0.393 e. The minimum Gasteiger partial charge on any atom is -0.393 e. The maximum absolute atomic E-state index is 12.0. The van der Waals surface area contributed by atoms with Crippen LogP contribution in [0.5, 0.6) is 0 Å². The van der Waals surface area contributed by atoms with Crippen molar-refractivity contribution < 1.29 is 4.79 Å². The molecule has 2 N–H and O–H groups in total. The van der Waals surface area contributed by atoms with E-state index in [1.807, 2.05) is 4.90 Å². The standard InChI is InChI=1S/C11H14N2OS2/c1-7(10(12)15)11(14)13-4-2-9-8(6-13)3-5-16-9/h3,5,7H,2,4,6H2,1H3,(H2,12,15). The zero-order valence-electron chi connectivity index (χ0n) is 9.10. The molecule has 0 aromatic carbocycles. The highest BCUT2D eigenvalue weighted by Crippen LogP contribution is 2.24. The van der Waals surface area contributed by atoms with Gasteiger partial charge in [-0.1, -0.05) is 12.2 Å². The molecule has 1 aliphatic rings. The Morgan fingerprint density at radius 3 is 3.12 bits per heavy atom. The van der Waals surface area contributed by atoms with Crippen LogP contribution in [0.15, 0.2) is 11.4 Å². The molecule has 0 bridgehead atoms. The molecule has 0 saturated carbocycles. The van der Waals surface area contributed by atoms with Gasteiger partial charge < -0.3 is 10.6 Å². The number of nitrogens with two attached hydrogens (primary N) is 1. The molecular weight excluding hydrogens is 240 g/mol. The highest BCUT2D eigenvalue weighted by molar-refractivity contribution is 7.80. The molecule has 1 aromatic heterocycles. The Balaban J connectivity index is 2.09. The third-order valence-electron chi connectivity index (χ3n) is 2.92. The van der Waals surface area contributed by atoms with Crippen molar-refractivity contribution in [1.29, 1.82) is 0 Å². The second-order valence-electron chi connectivity index (χ2n) is 4.00. The summed E-state index contributed by atoms with van der Waals surface area (Å²) < 4.78 is 0. The Hall–Kier alpha value is -0.940. The molecule has 3 nitrogen and oxygen atoms in total. The summed E-state index contributed by atoms with van der Waals surface area (Å²) >= 11 is 6.62. The molecule has 0 fully saturated rings. The number of fused-ring (bicyclic) bond motifs is 1. The van der Waals surface area contributed by atoms with Gasteiger partial charge in [-0.15, -0.1) is 11.3 Å². The fourth-order valence-electron chi connectivity index (χ4n) is 1.83. The van der Waals surface area contributed by atoms with E-state index in [0.29, 0.717) is 6.54 Å². The van der Waals surface area contributed by atoms with Gasteiger partial charge in [-0.3, -0.25) is 4.79 Å². The van der Waals surface area contributed by atoms with E-state index < -0.39 is 0 Å². The van der Waals surface area contributed by atoms with Crippen molar-refractivity contribution >= 4 is 34.5 Å². The lowest BCUT2D eigenvalue weighted by atomic mass is 10.1. The van der Waals surface area contributed by atoms with Crippen LogP contribution in [0.2, 0.25) is 0 Å². The lowest BCUT2D eigenvalue weighted by molar-refractivity contribution is -0.133. The Bertz CT molecular complexity index is 427. The van der Waals surface area contributed by atoms with Gasteiger partial charge in [-0.05, 0) is 30.4 Å². The van der Waals surface area contributed by atoms with E-state index in [0.717, 1.165) is 13.0 Å². The number of rotatable bonds is 2. The average Bonchev–Trinajstić information content (AvgIpc) is 2.73. The van der Waals surface area contributed by atoms with E-state index >= 15 is 0 Å². The predicted molar refractivity (Wildman–Crippen MR) is 69.4 cm³/mol. The smallest absolute Gasteiger partial charge is 0.232 e. The predicted octanol–water partition coefficient (Wildman–Crippen LogP) is 1.55. The minimum atomic E-state index is -0.352. The van der Waals surface area contributed by atoms with Crippen molar-refractivity contribution in [2.45, 2.75) is 19.9 Å². The maximum Gasteiger partial charge on any atom is 0.232 e. The summed E-state index contributed by atoms with van der Waals surface area (Å²) in [5.41, 5.74) is 6.77. The number of amides is 1. The Morgan fingerprint density at radius 2 is 2.44 bits per heavy atom. The zero-order valence-corrected chi connectivity index (χ0v) is 10.7. The van der Waals surface area contributed by atoms with E-state index in [1.54, 1.807) is 18.3 Å². The quantitative estimate of drug-likeness (QED) is 0.815. The lowest BCUT2D eigenvalue weighted by Crippen LogP contribution is -2.42. The van der Waals surface area contributed by atoms with Crippen molar-refractivity contribution in [2.24, 2.45) is 11.7 Å². The molecule has 0 saturated heterocycles. The molecule has 0 radical (unpaired) electrons. The zero-order chi connectivity index (χ0) is 11.7. The Morgan fingerprint density at radius 1 is 1.69 bits per heavy atom. The summed E-state index contributed by atoms with van der Waals surface area (Å²) in [5, 5.41) is 2.08. The molecule has 2 rings (SSSR count). The first-order valence-corrected chi connectivity index (χ1v) is 6.51. The molecular formula is C11H14N2OS2. The fourth-order valence-corrected chi connectivity index (χ4v) is 2.82. The molecule has 1 unspecified atom stereocenters. The van der Waals surface area contributed by atoms with Gasteiger partial charge in [0.1, 0.15) is 0 Å². The Kier molecular flexibility index (Phi) is 3.25. The highest BCUT2D eigenvalue weighted by Gasteiger charge is 2.26. The van der Waals surface area contributed by atoms with Crippen molar-refractivity contribution in [1.82, 2.24) is 4.90 Å². The number of nitrogens with zero attached hydrogens (tertiary/aromatic N) is 1. The summed E-state index contributed by atoms with van der Waals surface area (Å²) in [5.74, 6) is -0.306. The first-order valence-electron chi connectivity index (χ1n) is 5.23. The van der Waals surface area contributed by atoms with Gasteiger partial charge in [0, 0.05) is 18.0 Å². The van der Waals surface area contributed by atoms with Gasteiger partial charge >= 0.3 is 0 Å². The van der Waals surface area contributed by atoms with Gasteiger partial charge in [-0.25, -0.2) is 0 Å². The van der Waals surface area contributed by atoms with Gasteiger partial charge in [0.25, 0.3) is 0 Å². The summed E-state index contributed by atoms with van der Waals surface area (Å²) in [6, 6.07) is 2.09. The number of hydrogen-bond acceptors (Lipinski definition) is 3. The second-order valence-corrected chi connectivity index (χ2v) is 5.47. The van der Waals surface area contributed by atoms with Gasteiger partial charge in [0.15, 0.2) is 0 Å². The molecule has 16 heavy (non-hydrogen) atoms. The molecule has 0 spiro atoms. The topological polar surface area (TPSA) is 46.3 Å². The number of carbonyl (C=O) groups is 1. The third-order valence-corrected chi connectivity index (χ3v) is 4.29. The highest BCUT2D eigenvalue weighted by atomic mass is 32.1. The van der Waals surface area contributed by atoms with Crippen LogP contribution in [0.3, 0.4) is 0 Å². The van der Waals surface area contributed by atoms with E-state index in [4.69, 9.17) is 18.0 Å². The lowest BCUT2D eigenvalue weighted by Gasteiger charge is -2.29. The van der Waals surface area contributed by atoms with Crippen LogP contribution < -0.4 is 5.73 Å². The molecule has 86 valence electrons. The summed E-state index contributed by atoms with van der Waals surface area (Å²) in [4.78, 5) is 15.6. The SMILES string of the molecule is CC(C(=O)N1CCc2sccc2C1)C(N)=S. The maximum atomic E-state index is 12.0. The number of thiophene rings is 1. The molecule has 1 atom stereocenters. The molecule has 1 aliphatic heterocycles. The van der Waals surface area contributed by atoms with E-state index in [2.05, 4.69) is 11.4 Å². The van der Waals surface area contributed by atoms with E-state index in [-0.39, 0.29) is 16.8 Å². The van der Waals surface area contributed by atoms with Crippen LogP contribution in [-0.2, 0) is 17.8 Å². The normalized spacial score (nSPS) is 16.7. The number of thiocarbonyl (C=S) groups is 1. The van der Waals surface area contributed by atoms with Gasteiger partial charge in [0.05, 0.1) is 10.9 Å². The van der Waals surface area contributed by atoms with E-state index in [1.165, 1.54) is 10.4 Å². The summed E-state index contributed by atoms with van der Waals surface area (Å²) in [6.45, 7) is 3.25. The molecule has 2 heterocycles. The van der Waals surface area contributed by atoms with Crippen molar-refractivity contribution in [3.63, 3.8) is 0 Å². The van der Waals surface area contributed by atoms with Crippen LogP contribution >= 0.6 is 23.6 Å². The van der Waals surface area contributed by atoms with Crippen LogP contribution in [0.25, 0.3) is 0 Å². The number of hydrogen-bond donors (Lipinski definition) is 1. The van der Waals surface area contributed by atoms with Crippen molar-refractivity contribution in [2.75, 3.05) is 6.54 Å². The summed E-state index contributed by atoms with van der Waals surface area (Å²) in [7, 11) is 0. The first kappa shape index (κ1) is 11.5. The van der Waals surface area contributed by atoms with Gasteiger partial charge in [-0.2, -0.15) is 0 Å². The Labute approximate surface area is 104 Å². The van der Waals surface area contributed by atoms with Gasteiger partial charge in [0.2, 0.25) is 5.91 Å². The fraction of sp³-hybridized carbons (Fsp3) is 0.455. The number of carbonyl (C=O) groups excluding carboxylic acids is 1. The van der Waals surface area contributed by atoms with E-state index in [9.17, 15) is 4.79 Å².